The van der Waals surface area contributed by atoms with E-state index in [1.165, 1.54) is 11.1 Å². The van der Waals surface area contributed by atoms with E-state index in [4.69, 9.17) is 11.6 Å². The first kappa shape index (κ1) is 9.91. The average Bonchev–Trinajstić information content (AvgIpc) is 2.31. The molecular formula is C13H13ClN2. The molecule has 0 amide bonds. The lowest BCUT2D eigenvalue weighted by Crippen LogP contribution is -2.13. The largest absolute Gasteiger partial charge is 0.370 e. The molecule has 0 bridgehead atoms. The third-order valence-electron chi connectivity index (χ3n) is 3.07. The van der Waals surface area contributed by atoms with Crippen molar-refractivity contribution in [2.24, 2.45) is 0 Å². The minimum Gasteiger partial charge on any atom is -0.370 e. The van der Waals surface area contributed by atoms with Crippen LogP contribution in [0, 0.1) is 6.92 Å². The first-order valence-corrected chi connectivity index (χ1v) is 5.96. The first-order chi connectivity index (χ1) is 7.75. The molecule has 0 radical (unpaired) electrons. The minimum absolute atomic E-state index is 0.871. The summed E-state index contributed by atoms with van der Waals surface area (Å²) < 4.78 is 0. The van der Waals surface area contributed by atoms with Gasteiger partial charge in [0.1, 0.15) is 5.82 Å². The van der Waals surface area contributed by atoms with Crippen molar-refractivity contribution in [1.82, 2.24) is 4.98 Å². The smallest absolute Gasteiger partial charge is 0.131 e. The standard InChI is InChI=1S/C13H13ClN2/c1-8-4-5-11-10(7-8)12(14)9-3-2-6-15-13(9)16-11/h4-5,7H,2-3,6H2,1H3,(H,15,16). The molecule has 0 saturated carbocycles. The van der Waals surface area contributed by atoms with Gasteiger partial charge in [-0.3, -0.25) is 0 Å². The lowest BCUT2D eigenvalue weighted by atomic mass is 10.0. The van der Waals surface area contributed by atoms with Crippen LogP contribution < -0.4 is 5.32 Å². The van der Waals surface area contributed by atoms with Crippen molar-refractivity contribution in [1.29, 1.82) is 0 Å². The molecule has 0 saturated heterocycles. The van der Waals surface area contributed by atoms with Gasteiger partial charge in [0.25, 0.3) is 0 Å². The van der Waals surface area contributed by atoms with E-state index in [0.29, 0.717) is 0 Å². The molecule has 0 unspecified atom stereocenters. The molecule has 0 aliphatic carbocycles. The Labute approximate surface area is 99.6 Å². The zero-order valence-electron chi connectivity index (χ0n) is 9.18. The maximum absolute atomic E-state index is 6.45. The van der Waals surface area contributed by atoms with Crippen molar-refractivity contribution >= 4 is 28.3 Å². The molecule has 0 spiro atoms. The number of pyridine rings is 1. The summed E-state index contributed by atoms with van der Waals surface area (Å²) in [6.07, 6.45) is 2.16. The van der Waals surface area contributed by atoms with Crippen LogP contribution in [0.2, 0.25) is 5.02 Å². The molecular weight excluding hydrogens is 220 g/mol. The van der Waals surface area contributed by atoms with Crippen molar-refractivity contribution in [2.45, 2.75) is 19.8 Å². The fourth-order valence-corrected chi connectivity index (χ4v) is 2.56. The number of anilines is 1. The van der Waals surface area contributed by atoms with Crippen LogP contribution in [-0.2, 0) is 6.42 Å². The second-order valence-electron chi connectivity index (χ2n) is 4.30. The van der Waals surface area contributed by atoms with Crippen molar-refractivity contribution in [2.75, 3.05) is 11.9 Å². The highest BCUT2D eigenvalue weighted by atomic mass is 35.5. The quantitative estimate of drug-likeness (QED) is 0.751. The van der Waals surface area contributed by atoms with Crippen molar-refractivity contribution in [3.05, 3.63) is 34.3 Å². The highest BCUT2D eigenvalue weighted by Gasteiger charge is 2.16. The summed E-state index contributed by atoms with van der Waals surface area (Å²) in [7, 11) is 0. The van der Waals surface area contributed by atoms with Gasteiger partial charge in [0.2, 0.25) is 0 Å². The number of aromatic nitrogens is 1. The van der Waals surface area contributed by atoms with E-state index in [-0.39, 0.29) is 0 Å². The van der Waals surface area contributed by atoms with E-state index < -0.39 is 0 Å². The van der Waals surface area contributed by atoms with Gasteiger partial charge < -0.3 is 5.32 Å². The van der Waals surface area contributed by atoms with Gasteiger partial charge in [0, 0.05) is 17.5 Å². The molecule has 1 aromatic heterocycles. The lowest BCUT2D eigenvalue weighted by molar-refractivity contribution is 0.821. The minimum atomic E-state index is 0.871. The third-order valence-corrected chi connectivity index (χ3v) is 3.50. The van der Waals surface area contributed by atoms with E-state index in [2.05, 4.69) is 29.4 Å². The molecule has 1 aromatic carbocycles. The molecule has 1 aliphatic heterocycles. The zero-order chi connectivity index (χ0) is 11.1. The highest BCUT2D eigenvalue weighted by Crippen LogP contribution is 2.33. The number of benzene rings is 1. The van der Waals surface area contributed by atoms with Crippen LogP contribution in [0.4, 0.5) is 5.82 Å². The van der Waals surface area contributed by atoms with Crippen molar-refractivity contribution in [3.8, 4) is 0 Å². The van der Waals surface area contributed by atoms with Crippen LogP contribution in [-0.4, -0.2) is 11.5 Å². The molecule has 82 valence electrons. The van der Waals surface area contributed by atoms with Gasteiger partial charge in [0.05, 0.1) is 10.5 Å². The Hall–Kier alpha value is -1.28. The maximum atomic E-state index is 6.45. The predicted molar refractivity (Wildman–Crippen MR) is 68.3 cm³/mol. The molecule has 2 heterocycles. The van der Waals surface area contributed by atoms with E-state index in [1.54, 1.807) is 0 Å². The van der Waals surface area contributed by atoms with Crippen LogP contribution in [0.15, 0.2) is 18.2 Å². The summed E-state index contributed by atoms with van der Waals surface area (Å²) in [6.45, 7) is 3.07. The second-order valence-corrected chi connectivity index (χ2v) is 4.68. The van der Waals surface area contributed by atoms with E-state index in [9.17, 15) is 0 Å². The number of halogens is 1. The first-order valence-electron chi connectivity index (χ1n) is 5.58. The molecule has 16 heavy (non-hydrogen) atoms. The maximum Gasteiger partial charge on any atom is 0.131 e. The topological polar surface area (TPSA) is 24.9 Å². The number of hydrogen-bond donors (Lipinski definition) is 1. The third kappa shape index (κ3) is 1.45. The Bertz CT molecular complexity index is 563. The number of fused-ring (bicyclic) bond motifs is 2. The lowest BCUT2D eigenvalue weighted by Gasteiger charge is -2.19. The molecule has 1 N–H and O–H groups in total. The van der Waals surface area contributed by atoms with Crippen LogP contribution >= 0.6 is 11.6 Å². The highest BCUT2D eigenvalue weighted by molar-refractivity contribution is 6.36. The Kier molecular flexibility index (Phi) is 2.25. The van der Waals surface area contributed by atoms with Crippen LogP contribution in [0.1, 0.15) is 17.5 Å². The van der Waals surface area contributed by atoms with Crippen molar-refractivity contribution < 1.29 is 0 Å². The summed E-state index contributed by atoms with van der Waals surface area (Å²) in [6, 6.07) is 6.22. The summed E-state index contributed by atoms with van der Waals surface area (Å²) >= 11 is 6.45. The summed E-state index contributed by atoms with van der Waals surface area (Å²) in [5, 5.41) is 5.26. The van der Waals surface area contributed by atoms with Crippen LogP contribution in [0.5, 0.6) is 0 Å². The molecule has 0 atom stereocenters. The number of aryl methyl sites for hydroxylation is 1. The van der Waals surface area contributed by atoms with E-state index in [0.717, 1.165) is 41.1 Å². The zero-order valence-corrected chi connectivity index (χ0v) is 9.93. The predicted octanol–water partition coefficient (Wildman–Crippen LogP) is 3.55. The summed E-state index contributed by atoms with van der Waals surface area (Å²) in [4.78, 5) is 4.62. The Morgan fingerprint density at radius 2 is 2.25 bits per heavy atom. The SMILES string of the molecule is Cc1ccc2nc3c(c(Cl)c2c1)CCCN3. The van der Waals surface area contributed by atoms with E-state index in [1.807, 2.05) is 6.07 Å². The van der Waals surface area contributed by atoms with Gasteiger partial charge >= 0.3 is 0 Å². The Balaban J connectivity index is 2.35. The van der Waals surface area contributed by atoms with Crippen LogP contribution in [0.3, 0.4) is 0 Å². The normalized spacial score (nSPS) is 14.6. The van der Waals surface area contributed by atoms with Gasteiger partial charge in [-0.1, -0.05) is 23.2 Å². The Morgan fingerprint density at radius 1 is 1.38 bits per heavy atom. The molecule has 1 aliphatic rings. The van der Waals surface area contributed by atoms with Gasteiger partial charge in [-0.25, -0.2) is 4.98 Å². The summed E-state index contributed by atoms with van der Waals surface area (Å²) in [5.41, 5.74) is 3.37. The number of nitrogens with one attached hydrogen (secondary N) is 1. The number of nitrogens with zero attached hydrogens (tertiary/aromatic N) is 1. The molecule has 3 rings (SSSR count). The van der Waals surface area contributed by atoms with Gasteiger partial charge in [0.15, 0.2) is 0 Å². The summed E-state index contributed by atoms with van der Waals surface area (Å²) in [5.74, 6) is 0.965. The fourth-order valence-electron chi connectivity index (χ4n) is 2.22. The monoisotopic (exact) mass is 232 g/mol. The molecule has 0 fully saturated rings. The number of rotatable bonds is 0. The molecule has 2 aromatic rings. The molecule has 3 heteroatoms. The Morgan fingerprint density at radius 3 is 3.12 bits per heavy atom. The average molecular weight is 233 g/mol. The van der Waals surface area contributed by atoms with Crippen LogP contribution in [0.25, 0.3) is 10.9 Å². The van der Waals surface area contributed by atoms with Gasteiger partial charge in [-0.2, -0.15) is 0 Å². The second kappa shape index (κ2) is 3.63. The van der Waals surface area contributed by atoms with E-state index >= 15 is 0 Å². The van der Waals surface area contributed by atoms with Gasteiger partial charge in [-0.15, -0.1) is 0 Å². The van der Waals surface area contributed by atoms with Crippen molar-refractivity contribution in [3.63, 3.8) is 0 Å². The number of hydrogen-bond acceptors (Lipinski definition) is 2. The molecule has 2 nitrogen and oxygen atoms in total. The van der Waals surface area contributed by atoms with Gasteiger partial charge in [-0.05, 0) is 31.9 Å². The fraction of sp³-hybridized carbons (Fsp3) is 0.308.